The Kier molecular flexibility index (Phi) is 5.52. The van der Waals surface area contributed by atoms with Crippen LogP contribution in [-0.2, 0) is 23.2 Å². The number of nitrogens with one attached hydrogen (secondary N) is 1. The van der Waals surface area contributed by atoms with Gasteiger partial charge in [-0.1, -0.05) is 44.2 Å². The fourth-order valence-electron chi connectivity index (χ4n) is 4.32. The first-order valence-corrected chi connectivity index (χ1v) is 10.6. The van der Waals surface area contributed by atoms with Gasteiger partial charge in [-0.15, -0.1) is 0 Å². The highest BCUT2D eigenvalue weighted by Crippen LogP contribution is 2.40. The van der Waals surface area contributed by atoms with E-state index in [1.807, 2.05) is 19.1 Å². The van der Waals surface area contributed by atoms with Crippen molar-refractivity contribution in [1.82, 2.24) is 5.32 Å². The van der Waals surface area contributed by atoms with E-state index >= 15 is 0 Å². The summed E-state index contributed by atoms with van der Waals surface area (Å²) in [6.07, 6.45) is 1.29. The van der Waals surface area contributed by atoms with E-state index in [4.69, 9.17) is 4.74 Å². The molecule has 0 fully saturated rings. The minimum absolute atomic E-state index is 0.0259. The Hall–Kier alpha value is -2.85. The van der Waals surface area contributed by atoms with Crippen LogP contribution in [0.1, 0.15) is 43.9 Å². The number of hydrogen-bond acceptors (Lipinski definition) is 3. The number of likely N-dealkylation sites (N-methyl/N-ethyl adjacent to an activating group) is 1. The Morgan fingerprint density at radius 2 is 1.87 bits per heavy atom. The number of fused-ring (bicyclic) bond motifs is 2. The molecule has 0 atom stereocenters. The zero-order valence-electron chi connectivity index (χ0n) is 17.9. The standard InChI is InChI=1S/C26H29NO3/c1-4-27-25(29)15-20-6-5-19-13-17(7-9-21(19)22(20)16-28)18-8-10-24-23(14-18)26(2,3)11-12-30-24/h5-10,13-14,28H,4,11-12,15-16H2,1-3H3,(H,27,29). The predicted octanol–water partition coefficient (Wildman–Crippen LogP) is 4.74. The first-order chi connectivity index (χ1) is 14.4. The van der Waals surface area contributed by atoms with Crippen molar-refractivity contribution in [3.63, 3.8) is 0 Å². The Morgan fingerprint density at radius 3 is 2.63 bits per heavy atom. The average Bonchev–Trinajstić information content (AvgIpc) is 2.73. The largest absolute Gasteiger partial charge is 0.493 e. The first kappa shape index (κ1) is 20.4. The lowest BCUT2D eigenvalue weighted by Crippen LogP contribution is -2.26. The third kappa shape index (κ3) is 3.80. The Labute approximate surface area is 177 Å². The third-order valence-corrected chi connectivity index (χ3v) is 6.14. The molecule has 1 aliphatic rings. The second-order valence-electron chi connectivity index (χ2n) is 8.62. The molecule has 0 spiro atoms. The van der Waals surface area contributed by atoms with Crippen molar-refractivity contribution in [2.24, 2.45) is 0 Å². The highest BCUT2D eigenvalue weighted by atomic mass is 16.5. The molecule has 30 heavy (non-hydrogen) atoms. The molecule has 0 aliphatic carbocycles. The summed E-state index contributed by atoms with van der Waals surface area (Å²) >= 11 is 0. The van der Waals surface area contributed by atoms with Crippen molar-refractivity contribution < 1.29 is 14.6 Å². The average molecular weight is 404 g/mol. The fraction of sp³-hybridized carbons (Fsp3) is 0.346. The molecular formula is C26H29NO3. The summed E-state index contributed by atoms with van der Waals surface area (Å²) in [5.74, 6) is 0.954. The van der Waals surface area contributed by atoms with E-state index < -0.39 is 0 Å². The lowest BCUT2D eigenvalue weighted by atomic mass is 9.79. The molecule has 0 bridgehead atoms. The summed E-state index contributed by atoms with van der Waals surface area (Å²) < 4.78 is 5.85. The van der Waals surface area contributed by atoms with E-state index in [0.29, 0.717) is 6.54 Å². The third-order valence-electron chi connectivity index (χ3n) is 6.14. The first-order valence-electron chi connectivity index (χ1n) is 10.6. The molecule has 4 rings (SSSR count). The Bertz CT molecular complexity index is 1100. The molecule has 156 valence electrons. The molecule has 1 aliphatic heterocycles. The molecule has 1 heterocycles. The van der Waals surface area contributed by atoms with Crippen LogP contribution in [0.2, 0.25) is 0 Å². The van der Waals surface area contributed by atoms with Crippen LogP contribution in [-0.4, -0.2) is 24.2 Å². The topological polar surface area (TPSA) is 58.6 Å². The van der Waals surface area contributed by atoms with Crippen LogP contribution in [0.4, 0.5) is 0 Å². The van der Waals surface area contributed by atoms with Gasteiger partial charge in [-0.25, -0.2) is 0 Å². The van der Waals surface area contributed by atoms with Crippen LogP contribution in [0.3, 0.4) is 0 Å². The van der Waals surface area contributed by atoms with E-state index in [0.717, 1.165) is 51.8 Å². The number of ether oxygens (including phenoxy) is 1. The zero-order chi connectivity index (χ0) is 21.3. The molecule has 4 nitrogen and oxygen atoms in total. The number of aliphatic hydroxyl groups is 1. The summed E-state index contributed by atoms with van der Waals surface area (Å²) in [6, 6.07) is 16.7. The van der Waals surface area contributed by atoms with Gasteiger partial charge in [0.25, 0.3) is 0 Å². The van der Waals surface area contributed by atoms with Crippen LogP contribution in [0, 0.1) is 0 Å². The Morgan fingerprint density at radius 1 is 1.10 bits per heavy atom. The molecule has 0 unspecified atom stereocenters. The monoisotopic (exact) mass is 403 g/mol. The van der Waals surface area contributed by atoms with Crippen molar-refractivity contribution in [3.8, 4) is 16.9 Å². The fourth-order valence-corrected chi connectivity index (χ4v) is 4.32. The minimum Gasteiger partial charge on any atom is -0.493 e. The summed E-state index contributed by atoms with van der Waals surface area (Å²) in [5.41, 5.74) is 5.33. The highest BCUT2D eigenvalue weighted by molar-refractivity contribution is 5.92. The summed E-state index contributed by atoms with van der Waals surface area (Å²) in [5, 5.41) is 14.9. The van der Waals surface area contributed by atoms with Gasteiger partial charge in [0.05, 0.1) is 19.6 Å². The maximum Gasteiger partial charge on any atom is 0.224 e. The van der Waals surface area contributed by atoms with E-state index in [-0.39, 0.29) is 24.3 Å². The van der Waals surface area contributed by atoms with Gasteiger partial charge in [-0.3, -0.25) is 4.79 Å². The second kappa shape index (κ2) is 8.11. The zero-order valence-corrected chi connectivity index (χ0v) is 17.9. The van der Waals surface area contributed by atoms with Crippen LogP contribution in [0.25, 0.3) is 21.9 Å². The summed E-state index contributed by atoms with van der Waals surface area (Å²) in [6.45, 7) is 7.71. The second-order valence-corrected chi connectivity index (χ2v) is 8.62. The van der Waals surface area contributed by atoms with E-state index in [1.54, 1.807) is 0 Å². The molecule has 4 heteroatoms. The number of carbonyl (C=O) groups is 1. The molecule has 0 radical (unpaired) electrons. The molecule has 3 aromatic rings. The number of benzene rings is 3. The van der Waals surface area contributed by atoms with Crippen molar-refractivity contribution in [3.05, 3.63) is 65.2 Å². The molecule has 1 amide bonds. The van der Waals surface area contributed by atoms with Crippen molar-refractivity contribution in [2.45, 2.75) is 45.6 Å². The number of carbonyl (C=O) groups excluding carboxylic acids is 1. The molecule has 0 saturated heterocycles. The molecule has 0 aromatic heterocycles. The van der Waals surface area contributed by atoms with E-state index in [2.05, 4.69) is 55.6 Å². The van der Waals surface area contributed by atoms with Crippen molar-refractivity contribution in [2.75, 3.05) is 13.2 Å². The molecule has 2 N–H and O–H groups in total. The summed E-state index contributed by atoms with van der Waals surface area (Å²) in [4.78, 5) is 12.0. The van der Waals surface area contributed by atoms with Crippen molar-refractivity contribution >= 4 is 16.7 Å². The number of amides is 1. The van der Waals surface area contributed by atoms with Gasteiger partial charge in [0, 0.05) is 12.1 Å². The highest BCUT2D eigenvalue weighted by Gasteiger charge is 2.28. The molecular weight excluding hydrogens is 374 g/mol. The minimum atomic E-state index is -0.0875. The van der Waals surface area contributed by atoms with Gasteiger partial charge in [0.2, 0.25) is 5.91 Å². The number of rotatable bonds is 5. The van der Waals surface area contributed by atoms with Gasteiger partial charge in [-0.05, 0) is 70.0 Å². The van der Waals surface area contributed by atoms with E-state index in [9.17, 15) is 9.90 Å². The van der Waals surface area contributed by atoms with Gasteiger partial charge in [0.15, 0.2) is 0 Å². The normalized spacial score (nSPS) is 14.8. The van der Waals surface area contributed by atoms with E-state index in [1.165, 1.54) is 5.56 Å². The lowest BCUT2D eigenvalue weighted by Gasteiger charge is -2.32. The van der Waals surface area contributed by atoms with Gasteiger partial charge < -0.3 is 15.2 Å². The number of aliphatic hydroxyl groups excluding tert-OH is 1. The van der Waals surface area contributed by atoms with Crippen LogP contribution < -0.4 is 10.1 Å². The van der Waals surface area contributed by atoms with Crippen LogP contribution >= 0.6 is 0 Å². The summed E-state index contributed by atoms with van der Waals surface area (Å²) in [7, 11) is 0. The van der Waals surface area contributed by atoms with Crippen LogP contribution in [0.5, 0.6) is 5.75 Å². The molecule has 0 saturated carbocycles. The number of hydrogen-bond donors (Lipinski definition) is 2. The predicted molar refractivity (Wildman–Crippen MR) is 121 cm³/mol. The van der Waals surface area contributed by atoms with Gasteiger partial charge in [-0.2, -0.15) is 0 Å². The quantitative estimate of drug-likeness (QED) is 0.647. The molecule has 3 aromatic carbocycles. The van der Waals surface area contributed by atoms with Gasteiger partial charge in [0.1, 0.15) is 5.75 Å². The smallest absolute Gasteiger partial charge is 0.224 e. The maximum absolute atomic E-state index is 12.0. The van der Waals surface area contributed by atoms with Crippen LogP contribution in [0.15, 0.2) is 48.5 Å². The SMILES string of the molecule is CCNC(=O)Cc1ccc2cc(-c3ccc4c(c3)C(C)(C)CCO4)ccc2c1CO. The lowest BCUT2D eigenvalue weighted by molar-refractivity contribution is -0.120. The maximum atomic E-state index is 12.0. The van der Waals surface area contributed by atoms with Gasteiger partial charge >= 0.3 is 0 Å². The Balaban J connectivity index is 1.73. The van der Waals surface area contributed by atoms with Crippen molar-refractivity contribution in [1.29, 1.82) is 0 Å².